The van der Waals surface area contributed by atoms with E-state index in [4.69, 9.17) is 9.47 Å². The highest BCUT2D eigenvalue weighted by Crippen LogP contribution is 2.19. The Labute approximate surface area is 99.7 Å². The van der Waals surface area contributed by atoms with Crippen molar-refractivity contribution in [2.24, 2.45) is 0 Å². The van der Waals surface area contributed by atoms with E-state index in [1.807, 2.05) is 0 Å². The van der Waals surface area contributed by atoms with Gasteiger partial charge in [-0.3, -0.25) is 0 Å². The molecule has 0 unspecified atom stereocenters. The molecule has 96 valence electrons. The lowest BCUT2D eigenvalue weighted by Gasteiger charge is -2.11. The van der Waals surface area contributed by atoms with Crippen LogP contribution < -0.4 is 10.1 Å². The number of methoxy groups -OCH3 is 1. The lowest BCUT2D eigenvalue weighted by atomic mass is 10.2. The molecule has 0 aromatic heterocycles. The maximum atomic E-state index is 13.1. The molecule has 0 aliphatic heterocycles. The predicted molar refractivity (Wildman–Crippen MR) is 61.5 cm³/mol. The fourth-order valence-corrected chi connectivity index (χ4v) is 1.37. The van der Waals surface area contributed by atoms with E-state index in [1.54, 1.807) is 7.11 Å². The van der Waals surface area contributed by atoms with Crippen molar-refractivity contribution in [1.82, 2.24) is 5.32 Å². The van der Waals surface area contributed by atoms with Gasteiger partial charge in [0.05, 0.1) is 6.61 Å². The summed E-state index contributed by atoms with van der Waals surface area (Å²) in [5.74, 6) is 0.176. The summed E-state index contributed by atoms with van der Waals surface area (Å²) in [6.45, 7) is 1.12. The first-order valence-corrected chi connectivity index (χ1v) is 5.44. The fourth-order valence-electron chi connectivity index (χ4n) is 1.37. The smallest absolute Gasteiger partial charge is 0.124 e. The summed E-state index contributed by atoms with van der Waals surface area (Å²) in [6, 6.07) is 4.19. The summed E-state index contributed by atoms with van der Waals surface area (Å²) in [5, 5.41) is 3.08. The van der Waals surface area contributed by atoms with Gasteiger partial charge in [0.1, 0.15) is 24.8 Å². The van der Waals surface area contributed by atoms with Crippen LogP contribution in [0.25, 0.3) is 0 Å². The number of ether oxygens (including phenoxy) is 2. The first-order chi connectivity index (χ1) is 8.27. The molecular formula is C12H17F2NO2. The Balaban J connectivity index is 2.56. The molecule has 0 saturated carbocycles. The Morgan fingerprint density at radius 1 is 1.29 bits per heavy atom. The second-order valence-electron chi connectivity index (χ2n) is 3.46. The number of nitrogens with one attached hydrogen (secondary N) is 1. The Kier molecular flexibility index (Phi) is 6.50. The summed E-state index contributed by atoms with van der Waals surface area (Å²) < 4.78 is 35.1. The zero-order chi connectivity index (χ0) is 12.5. The number of hydrogen-bond acceptors (Lipinski definition) is 3. The molecule has 0 saturated heterocycles. The van der Waals surface area contributed by atoms with Crippen molar-refractivity contribution in [3.63, 3.8) is 0 Å². The summed E-state index contributed by atoms with van der Waals surface area (Å²) in [4.78, 5) is 0. The average molecular weight is 245 g/mol. The van der Waals surface area contributed by atoms with Crippen LogP contribution in [0.5, 0.6) is 5.75 Å². The van der Waals surface area contributed by atoms with Crippen LogP contribution in [0.1, 0.15) is 5.56 Å². The van der Waals surface area contributed by atoms with E-state index in [2.05, 4.69) is 5.32 Å². The molecule has 0 radical (unpaired) electrons. The second-order valence-corrected chi connectivity index (χ2v) is 3.46. The third-order valence-electron chi connectivity index (χ3n) is 2.16. The van der Waals surface area contributed by atoms with Crippen molar-refractivity contribution < 1.29 is 18.3 Å². The van der Waals surface area contributed by atoms with Gasteiger partial charge in [-0.1, -0.05) is 0 Å². The van der Waals surface area contributed by atoms with Gasteiger partial charge in [-0.2, -0.15) is 0 Å². The number of alkyl halides is 1. The third kappa shape index (κ3) is 5.10. The van der Waals surface area contributed by atoms with Gasteiger partial charge in [0, 0.05) is 25.8 Å². The second kappa shape index (κ2) is 7.97. The molecule has 1 aromatic rings. The summed E-state index contributed by atoms with van der Waals surface area (Å²) in [5.41, 5.74) is 0.676. The molecule has 0 bridgehead atoms. The Hall–Kier alpha value is -1.20. The van der Waals surface area contributed by atoms with E-state index in [1.165, 1.54) is 18.2 Å². The molecule has 17 heavy (non-hydrogen) atoms. The number of halogens is 2. The van der Waals surface area contributed by atoms with E-state index in [-0.39, 0.29) is 12.4 Å². The maximum Gasteiger partial charge on any atom is 0.124 e. The zero-order valence-corrected chi connectivity index (χ0v) is 9.84. The monoisotopic (exact) mass is 245 g/mol. The minimum atomic E-state index is -0.562. The highest BCUT2D eigenvalue weighted by atomic mass is 19.1. The molecule has 0 atom stereocenters. The lowest BCUT2D eigenvalue weighted by molar-refractivity contribution is 0.199. The van der Waals surface area contributed by atoms with Gasteiger partial charge in [-0.25, -0.2) is 8.78 Å². The van der Waals surface area contributed by atoms with Crippen LogP contribution in [0, 0.1) is 5.82 Å². The van der Waals surface area contributed by atoms with Crippen molar-refractivity contribution in [2.45, 2.75) is 6.54 Å². The van der Waals surface area contributed by atoms with Crippen LogP contribution in [0.4, 0.5) is 8.78 Å². The molecule has 0 spiro atoms. The highest BCUT2D eigenvalue weighted by Gasteiger charge is 2.05. The Morgan fingerprint density at radius 2 is 2.12 bits per heavy atom. The van der Waals surface area contributed by atoms with Gasteiger partial charge < -0.3 is 14.8 Å². The summed E-state index contributed by atoms with van der Waals surface area (Å²) in [7, 11) is 1.61. The number of hydrogen-bond donors (Lipinski definition) is 1. The van der Waals surface area contributed by atoms with E-state index in [0.717, 1.165) is 0 Å². The molecule has 0 amide bonds. The van der Waals surface area contributed by atoms with Crippen LogP contribution in [-0.2, 0) is 11.3 Å². The van der Waals surface area contributed by atoms with Crippen LogP contribution in [-0.4, -0.2) is 33.5 Å². The van der Waals surface area contributed by atoms with Gasteiger partial charge in [-0.15, -0.1) is 0 Å². The molecule has 0 aliphatic rings. The molecule has 0 heterocycles. The topological polar surface area (TPSA) is 30.5 Å². The maximum absolute atomic E-state index is 13.1. The zero-order valence-electron chi connectivity index (χ0n) is 9.84. The van der Waals surface area contributed by atoms with Gasteiger partial charge in [-0.05, 0) is 18.2 Å². The molecule has 1 rings (SSSR count). The van der Waals surface area contributed by atoms with E-state index in [9.17, 15) is 8.78 Å². The van der Waals surface area contributed by atoms with Crippen molar-refractivity contribution in [3.05, 3.63) is 29.6 Å². The molecule has 3 nitrogen and oxygen atoms in total. The number of benzene rings is 1. The van der Waals surface area contributed by atoms with Gasteiger partial charge >= 0.3 is 0 Å². The standard InChI is InChI=1S/C12H17F2NO2/c1-16-7-5-15-9-10-8-11(14)2-3-12(10)17-6-4-13/h2-3,8,15H,4-7,9H2,1H3. The number of rotatable bonds is 8. The molecule has 0 fully saturated rings. The van der Waals surface area contributed by atoms with Crippen molar-refractivity contribution >= 4 is 0 Å². The van der Waals surface area contributed by atoms with E-state index >= 15 is 0 Å². The largest absolute Gasteiger partial charge is 0.491 e. The summed E-state index contributed by atoms with van der Waals surface area (Å²) in [6.07, 6.45) is 0. The predicted octanol–water partition coefficient (Wildman–Crippen LogP) is 1.91. The van der Waals surface area contributed by atoms with Crippen LogP contribution in [0.3, 0.4) is 0 Å². The van der Waals surface area contributed by atoms with Crippen molar-refractivity contribution in [1.29, 1.82) is 0 Å². The molecular weight excluding hydrogens is 228 g/mol. The minimum absolute atomic E-state index is 0.0172. The lowest BCUT2D eigenvalue weighted by Crippen LogP contribution is -2.19. The quantitative estimate of drug-likeness (QED) is 0.710. The third-order valence-corrected chi connectivity index (χ3v) is 2.16. The molecule has 1 aromatic carbocycles. The average Bonchev–Trinajstić information content (AvgIpc) is 2.33. The SMILES string of the molecule is COCCNCc1cc(F)ccc1OCCF. The minimum Gasteiger partial charge on any atom is -0.491 e. The fraction of sp³-hybridized carbons (Fsp3) is 0.500. The molecule has 0 aliphatic carbocycles. The van der Waals surface area contributed by atoms with E-state index < -0.39 is 6.67 Å². The first kappa shape index (κ1) is 13.9. The van der Waals surface area contributed by atoms with E-state index in [0.29, 0.717) is 31.0 Å². The Morgan fingerprint density at radius 3 is 2.82 bits per heavy atom. The van der Waals surface area contributed by atoms with Crippen LogP contribution >= 0.6 is 0 Å². The van der Waals surface area contributed by atoms with Crippen LogP contribution in [0.2, 0.25) is 0 Å². The van der Waals surface area contributed by atoms with Crippen molar-refractivity contribution in [2.75, 3.05) is 33.5 Å². The highest BCUT2D eigenvalue weighted by molar-refractivity contribution is 5.33. The molecule has 1 N–H and O–H groups in total. The van der Waals surface area contributed by atoms with Crippen molar-refractivity contribution in [3.8, 4) is 5.75 Å². The van der Waals surface area contributed by atoms with Gasteiger partial charge in [0.25, 0.3) is 0 Å². The Bertz CT molecular complexity index is 334. The molecule has 5 heteroatoms. The van der Waals surface area contributed by atoms with Crippen LogP contribution in [0.15, 0.2) is 18.2 Å². The first-order valence-electron chi connectivity index (χ1n) is 5.44. The van der Waals surface area contributed by atoms with Gasteiger partial charge in [0.2, 0.25) is 0 Å². The summed E-state index contributed by atoms with van der Waals surface area (Å²) >= 11 is 0. The van der Waals surface area contributed by atoms with Gasteiger partial charge in [0.15, 0.2) is 0 Å². The normalized spacial score (nSPS) is 10.5.